The first-order valence-electron chi connectivity index (χ1n) is 8.42. The molecule has 2 N–H and O–H groups in total. The van der Waals surface area contributed by atoms with Gasteiger partial charge in [0.05, 0.1) is 13.0 Å². The van der Waals surface area contributed by atoms with Gasteiger partial charge < -0.3 is 15.2 Å². The van der Waals surface area contributed by atoms with Crippen LogP contribution in [0.25, 0.3) is 0 Å². The van der Waals surface area contributed by atoms with Crippen molar-refractivity contribution in [2.45, 2.75) is 32.2 Å². The highest BCUT2D eigenvalue weighted by atomic mass is 16.5. The lowest BCUT2D eigenvalue weighted by Gasteiger charge is -2.16. The smallest absolute Gasteiger partial charge is 0.330 e. The first-order valence-corrected chi connectivity index (χ1v) is 8.42. The van der Waals surface area contributed by atoms with E-state index in [-0.39, 0.29) is 12.3 Å². The van der Waals surface area contributed by atoms with Crippen LogP contribution >= 0.6 is 0 Å². The SMILES string of the molecule is CCc1ccc(CC(=O)NC(C(=O)O)c2ccc3c(c2)CCO3)cc1. The third-order valence-electron chi connectivity index (χ3n) is 4.40. The fourth-order valence-corrected chi connectivity index (χ4v) is 2.96. The van der Waals surface area contributed by atoms with Gasteiger partial charge in [-0.05, 0) is 40.8 Å². The van der Waals surface area contributed by atoms with Crippen LogP contribution in [-0.2, 0) is 28.9 Å². The number of ether oxygens (including phenoxy) is 1. The molecule has 3 rings (SSSR count). The summed E-state index contributed by atoms with van der Waals surface area (Å²) in [5, 5.41) is 12.1. The molecule has 0 aliphatic carbocycles. The number of benzene rings is 2. The number of carbonyl (C=O) groups excluding carboxylic acids is 1. The highest BCUT2D eigenvalue weighted by Crippen LogP contribution is 2.28. The van der Waals surface area contributed by atoms with Crippen LogP contribution in [0.1, 0.15) is 35.2 Å². The van der Waals surface area contributed by atoms with Crippen LogP contribution in [0.2, 0.25) is 0 Å². The largest absolute Gasteiger partial charge is 0.493 e. The fraction of sp³-hybridized carbons (Fsp3) is 0.300. The molecule has 0 aromatic heterocycles. The van der Waals surface area contributed by atoms with Gasteiger partial charge >= 0.3 is 5.97 Å². The Morgan fingerprint density at radius 2 is 1.88 bits per heavy atom. The molecular weight excluding hydrogens is 318 g/mol. The molecule has 5 heteroatoms. The Labute approximate surface area is 146 Å². The molecule has 2 aromatic rings. The number of fused-ring (bicyclic) bond motifs is 1. The maximum atomic E-state index is 12.3. The maximum Gasteiger partial charge on any atom is 0.330 e. The lowest BCUT2D eigenvalue weighted by atomic mass is 10.0. The van der Waals surface area contributed by atoms with Crippen LogP contribution in [0.15, 0.2) is 42.5 Å². The van der Waals surface area contributed by atoms with Gasteiger partial charge in [0.25, 0.3) is 0 Å². The van der Waals surface area contributed by atoms with Crippen molar-refractivity contribution in [2.75, 3.05) is 6.61 Å². The summed E-state index contributed by atoms with van der Waals surface area (Å²) in [5.74, 6) is -0.600. The number of carbonyl (C=O) groups is 2. The first-order chi connectivity index (χ1) is 12.1. The van der Waals surface area contributed by atoms with Crippen molar-refractivity contribution in [1.82, 2.24) is 5.32 Å². The van der Waals surface area contributed by atoms with Crippen LogP contribution in [-0.4, -0.2) is 23.6 Å². The van der Waals surface area contributed by atoms with Crippen LogP contribution in [0, 0.1) is 0 Å². The minimum Gasteiger partial charge on any atom is -0.493 e. The summed E-state index contributed by atoms with van der Waals surface area (Å²) in [7, 11) is 0. The Bertz CT molecular complexity index is 783. The van der Waals surface area contributed by atoms with Gasteiger partial charge in [0.2, 0.25) is 5.91 Å². The molecule has 0 saturated heterocycles. The van der Waals surface area contributed by atoms with E-state index in [0.29, 0.717) is 12.2 Å². The molecule has 0 spiro atoms. The van der Waals surface area contributed by atoms with E-state index in [0.717, 1.165) is 29.7 Å². The number of hydrogen-bond donors (Lipinski definition) is 2. The summed E-state index contributed by atoms with van der Waals surface area (Å²) >= 11 is 0. The van der Waals surface area contributed by atoms with E-state index in [1.807, 2.05) is 24.3 Å². The van der Waals surface area contributed by atoms with Gasteiger partial charge in [0, 0.05) is 6.42 Å². The molecule has 25 heavy (non-hydrogen) atoms. The fourth-order valence-electron chi connectivity index (χ4n) is 2.96. The molecule has 2 aromatic carbocycles. The standard InChI is InChI=1S/C20H21NO4/c1-2-13-3-5-14(6-4-13)11-18(22)21-19(20(23)24)16-7-8-17-15(12-16)9-10-25-17/h3-8,12,19H,2,9-11H2,1H3,(H,21,22)(H,23,24). The van der Waals surface area contributed by atoms with Crippen LogP contribution in [0.5, 0.6) is 5.75 Å². The molecule has 130 valence electrons. The van der Waals surface area contributed by atoms with Gasteiger partial charge in [-0.2, -0.15) is 0 Å². The van der Waals surface area contributed by atoms with Crippen molar-refractivity contribution >= 4 is 11.9 Å². The molecule has 0 bridgehead atoms. The van der Waals surface area contributed by atoms with Crippen molar-refractivity contribution in [1.29, 1.82) is 0 Å². The molecule has 1 atom stereocenters. The predicted molar refractivity (Wildman–Crippen MR) is 93.7 cm³/mol. The van der Waals surface area contributed by atoms with Gasteiger partial charge in [0.15, 0.2) is 6.04 Å². The van der Waals surface area contributed by atoms with E-state index in [4.69, 9.17) is 4.74 Å². The molecule has 1 amide bonds. The number of rotatable bonds is 6. The molecule has 5 nitrogen and oxygen atoms in total. The minimum atomic E-state index is -1.08. The first kappa shape index (κ1) is 17.0. The monoisotopic (exact) mass is 339 g/mol. The summed E-state index contributed by atoms with van der Waals surface area (Å²) in [5.41, 5.74) is 3.61. The van der Waals surface area contributed by atoms with Crippen LogP contribution < -0.4 is 10.1 Å². The predicted octanol–water partition coefficient (Wildman–Crippen LogP) is 2.67. The number of amides is 1. The number of aliphatic carboxylic acids is 1. The second-order valence-corrected chi connectivity index (χ2v) is 6.15. The number of carboxylic acids is 1. The van der Waals surface area contributed by atoms with Gasteiger partial charge in [-0.1, -0.05) is 37.3 Å². The van der Waals surface area contributed by atoms with Crippen molar-refractivity contribution in [3.8, 4) is 5.75 Å². The maximum absolute atomic E-state index is 12.3. The van der Waals surface area contributed by atoms with E-state index in [9.17, 15) is 14.7 Å². The Morgan fingerprint density at radius 3 is 2.56 bits per heavy atom. The average molecular weight is 339 g/mol. The highest BCUT2D eigenvalue weighted by molar-refractivity contribution is 5.85. The van der Waals surface area contributed by atoms with E-state index in [2.05, 4.69) is 12.2 Å². The highest BCUT2D eigenvalue weighted by Gasteiger charge is 2.24. The second kappa shape index (κ2) is 7.38. The molecular formula is C20H21NO4. The van der Waals surface area contributed by atoms with E-state index in [1.165, 1.54) is 5.56 Å². The van der Waals surface area contributed by atoms with Crippen molar-refractivity contribution in [2.24, 2.45) is 0 Å². The van der Waals surface area contributed by atoms with Gasteiger partial charge in [0.1, 0.15) is 5.75 Å². The second-order valence-electron chi connectivity index (χ2n) is 6.15. The third kappa shape index (κ3) is 3.99. The van der Waals surface area contributed by atoms with E-state index in [1.54, 1.807) is 18.2 Å². The Morgan fingerprint density at radius 1 is 1.16 bits per heavy atom. The lowest BCUT2D eigenvalue weighted by molar-refractivity contribution is -0.141. The van der Waals surface area contributed by atoms with Gasteiger partial charge in [-0.25, -0.2) is 4.79 Å². The number of aryl methyl sites for hydroxylation is 1. The lowest BCUT2D eigenvalue weighted by Crippen LogP contribution is -2.34. The van der Waals surface area contributed by atoms with Crippen molar-refractivity contribution in [3.05, 3.63) is 64.7 Å². The average Bonchev–Trinajstić information content (AvgIpc) is 3.07. The zero-order chi connectivity index (χ0) is 17.8. The molecule has 0 fully saturated rings. The van der Waals surface area contributed by atoms with E-state index < -0.39 is 12.0 Å². The molecule has 1 aliphatic heterocycles. The van der Waals surface area contributed by atoms with Crippen LogP contribution in [0.3, 0.4) is 0 Å². The Kier molecular flexibility index (Phi) is 5.03. The molecule has 1 aliphatic rings. The third-order valence-corrected chi connectivity index (χ3v) is 4.40. The zero-order valence-electron chi connectivity index (χ0n) is 14.1. The molecule has 1 heterocycles. The summed E-state index contributed by atoms with van der Waals surface area (Å²) in [6.45, 7) is 2.68. The summed E-state index contributed by atoms with van der Waals surface area (Å²) in [6, 6.07) is 12.0. The van der Waals surface area contributed by atoms with Gasteiger partial charge in [-0.15, -0.1) is 0 Å². The van der Waals surface area contributed by atoms with Gasteiger partial charge in [-0.3, -0.25) is 4.79 Å². The quantitative estimate of drug-likeness (QED) is 0.848. The number of carboxylic acid groups (broad SMARTS) is 1. The van der Waals surface area contributed by atoms with Crippen LogP contribution in [0.4, 0.5) is 0 Å². The zero-order valence-corrected chi connectivity index (χ0v) is 14.1. The number of hydrogen-bond acceptors (Lipinski definition) is 3. The summed E-state index contributed by atoms with van der Waals surface area (Å²) < 4.78 is 5.44. The molecule has 1 unspecified atom stereocenters. The molecule has 0 saturated carbocycles. The summed E-state index contributed by atoms with van der Waals surface area (Å²) in [4.78, 5) is 23.9. The Balaban J connectivity index is 1.70. The van der Waals surface area contributed by atoms with Crippen molar-refractivity contribution in [3.63, 3.8) is 0 Å². The summed E-state index contributed by atoms with van der Waals surface area (Å²) in [6.07, 6.45) is 1.85. The topological polar surface area (TPSA) is 75.6 Å². The van der Waals surface area contributed by atoms with Crippen molar-refractivity contribution < 1.29 is 19.4 Å². The molecule has 0 radical (unpaired) electrons. The number of nitrogens with one attached hydrogen (secondary N) is 1. The Hall–Kier alpha value is -2.82. The minimum absolute atomic E-state index is 0.155. The van der Waals surface area contributed by atoms with E-state index >= 15 is 0 Å². The normalized spacial score (nSPS) is 13.6.